The number of nitrogens with zero attached hydrogens (tertiary/aromatic N) is 2. The first-order valence-electron chi connectivity index (χ1n) is 6.63. The van der Waals surface area contributed by atoms with Crippen molar-refractivity contribution in [2.24, 2.45) is 4.99 Å². The molecule has 0 fully saturated rings. The molecule has 0 aromatic carbocycles. The van der Waals surface area contributed by atoms with Gasteiger partial charge in [-0.25, -0.2) is 0 Å². The highest BCUT2D eigenvalue weighted by Gasteiger charge is 2.21. The van der Waals surface area contributed by atoms with E-state index in [1.54, 1.807) is 24.5 Å². The third-order valence-electron chi connectivity index (χ3n) is 3.20. The zero-order valence-corrected chi connectivity index (χ0v) is 12.5. The Labute approximate surface area is 123 Å². The van der Waals surface area contributed by atoms with Gasteiger partial charge < -0.3 is 15.5 Å². The molecule has 2 heterocycles. The number of amides is 1. The lowest BCUT2D eigenvalue weighted by Gasteiger charge is -2.27. The van der Waals surface area contributed by atoms with Crippen molar-refractivity contribution in [3.8, 4) is 0 Å². The molecule has 2 rings (SSSR count). The fourth-order valence-electron chi connectivity index (χ4n) is 2.12. The lowest BCUT2D eigenvalue weighted by molar-refractivity contribution is -0.130. The Morgan fingerprint density at radius 2 is 2.45 bits per heavy atom. The van der Waals surface area contributed by atoms with Gasteiger partial charge >= 0.3 is 0 Å². The largest absolute Gasteiger partial charge is 0.353 e. The van der Waals surface area contributed by atoms with Crippen LogP contribution in [0.1, 0.15) is 10.4 Å². The number of rotatable bonds is 4. The summed E-state index contributed by atoms with van der Waals surface area (Å²) in [5, 5.41) is 8.16. The lowest BCUT2D eigenvalue weighted by Crippen LogP contribution is -2.45. The number of hydrogen-bond donors (Lipinski definition) is 2. The first kappa shape index (κ1) is 14.6. The third-order valence-corrected chi connectivity index (χ3v) is 4.23. The second-order valence-electron chi connectivity index (χ2n) is 4.53. The normalized spacial score (nSPS) is 14.7. The first-order valence-corrected chi connectivity index (χ1v) is 7.51. The van der Waals surface area contributed by atoms with Crippen molar-refractivity contribution in [3.63, 3.8) is 0 Å². The molecule has 1 aliphatic heterocycles. The van der Waals surface area contributed by atoms with Crippen molar-refractivity contribution in [2.75, 3.05) is 26.7 Å². The predicted molar refractivity (Wildman–Crippen MR) is 83.0 cm³/mol. The van der Waals surface area contributed by atoms with Crippen molar-refractivity contribution in [3.05, 3.63) is 34.5 Å². The summed E-state index contributed by atoms with van der Waals surface area (Å²) in [6.07, 6.45) is 2.71. The number of thiophene rings is 1. The molecule has 6 heteroatoms. The van der Waals surface area contributed by atoms with E-state index in [0.29, 0.717) is 12.5 Å². The van der Waals surface area contributed by atoms with Crippen LogP contribution in [-0.2, 0) is 17.8 Å². The van der Waals surface area contributed by atoms with E-state index in [9.17, 15) is 4.79 Å². The summed E-state index contributed by atoms with van der Waals surface area (Å²) >= 11 is 1.78. The smallest absolute Gasteiger partial charge is 0.242 e. The highest BCUT2D eigenvalue weighted by Crippen LogP contribution is 2.23. The second kappa shape index (κ2) is 7.09. The molecule has 0 unspecified atom stereocenters. The van der Waals surface area contributed by atoms with Crippen LogP contribution < -0.4 is 10.6 Å². The monoisotopic (exact) mass is 292 g/mol. The molecule has 20 heavy (non-hydrogen) atoms. The molecule has 0 saturated heterocycles. The zero-order chi connectivity index (χ0) is 14.4. The van der Waals surface area contributed by atoms with E-state index in [4.69, 9.17) is 0 Å². The Bertz CT molecular complexity index is 509. The Hall–Kier alpha value is -1.82. The summed E-state index contributed by atoms with van der Waals surface area (Å²) in [6, 6.07) is 2.11. The molecule has 0 saturated carbocycles. The summed E-state index contributed by atoms with van der Waals surface area (Å²) < 4.78 is 0. The Kier molecular flexibility index (Phi) is 5.17. The topological polar surface area (TPSA) is 56.7 Å². The van der Waals surface area contributed by atoms with Gasteiger partial charge in [0, 0.05) is 31.6 Å². The van der Waals surface area contributed by atoms with E-state index in [2.05, 4.69) is 33.7 Å². The molecule has 0 aliphatic carbocycles. The van der Waals surface area contributed by atoms with Gasteiger partial charge in [0.1, 0.15) is 0 Å². The molecule has 108 valence electrons. The number of nitrogens with one attached hydrogen (secondary N) is 2. The van der Waals surface area contributed by atoms with Gasteiger partial charge in [-0.2, -0.15) is 0 Å². The van der Waals surface area contributed by atoms with Gasteiger partial charge in [0.25, 0.3) is 0 Å². The van der Waals surface area contributed by atoms with Crippen molar-refractivity contribution in [1.29, 1.82) is 0 Å². The molecule has 0 radical (unpaired) electrons. The summed E-state index contributed by atoms with van der Waals surface area (Å²) in [5.41, 5.74) is 1.28. The SMILES string of the molecule is C=CCNC(=NC)NCC(=O)N1CCc2sccc2C1. The Morgan fingerprint density at radius 3 is 3.20 bits per heavy atom. The van der Waals surface area contributed by atoms with Gasteiger partial charge in [-0.15, -0.1) is 17.9 Å². The Morgan fingerprint density at radius 1 is 1.60 bits per heavy atom. The minimum Gasteiger partial charge on any atom is -0.353 e. The predicted octanol–water partition coefficient (Wildman–Crippen LogP) is 0.984. The standard InChI is InChI=1S/C14H20N4OS/c1-3-6-16-14(15-2)17-9-13(19)18-7-4-12-11(10-18)5-8-20-12/h3,5,8H,1,4,6-7,9-10H2,2H3,(H2,15,16,17). The van der Waals surface area contributed by atoms with E-state index in [0.717, 1.165) is 19.5 Å². The maximum Gasteiger partial charge on any atom is 0.242 e. The first-order chi connectivity index (χ1) is 9.74. The molecule has 5 nitrogen and oxygen atoms in total. The number of hydrogen-bond acceptors (Lipinski definition) is 3. The molecule has 1 aliphatic rings. The summed E-state index contributed by atoms with van der Waals surface area (Å²) in [7, 11) is 1.68. The van der Waals surface area contributed by atoms with Gasteiger partial charge in [-0.05, 0) is 23.4 Å². The van der Waals surface area contributed by atoms with E-state index < -0.39 is 0 Å². The number of carbonyl (C=O) groups excluding carboxylic acids is 1. The van der Waals surface area contributed by atoms with Gasteiger partial charge in [-0.1, -0.05) is 6.08 Å². The highest BCUT2D eigenvalue weighted by molar-refractivity contribution is 7.10. The molecule has 1 aromatic rings. The number of carbonyl (C=O) groups is 1. The zero-order valence-electron chi connectivity index (χ0n) is 11.7. The van der Waals surface area contributed by atoms with Crippen molar-refractivity contribution >= 4 is 23.2 Å². The molecule has 2 N–H and O–H groups in total. The third kappa shape index (κ3) is 3.60. The second-order valence-corrected chi connectivity index (χ2v) is 5.53. The van der Waals surface area contributed by atoms with Gasteiger partial charge in [0.05, 0.1) is 6.54 Å². The fraction of sp³-hybridized carbons (Fsp3) is 0.429. The molecule has 0 bridgehead atoms. The van der Waals surface area contributed by atoms with Crippen LogP contribution >= 0.6 is 11.3 Å². The van der Waals surface area contributed by atoms with E-state index >= 15 is 0 Å². The number of aliphatic imine (C=N–C) groups is 1. The van der Waals surface area contributed by atoms with Crippen LogP contribution in [0.15, 0.2) is 29.1 Å². The maximum absolute atomic E-state index is 12.2. The molecule has 0 spiro atoms. The Balaban J connectivity index is 1.82. The molecular formula is C14H20N4OS. The fourth-order valence-corrected chi connectivity index (χ4v) is 3.01. The van der Waals surface area contributed by atoms with Crippen molar-refractivity contribution < 1.29 is 4.79 Å². The summed E-state index contributed by atoms with van der Waals surface area (Å²) in [6.45, 7) is 6.03. The summed E-state index contributed by atoms with van der Waals surface area (Å²) in [4.78, 5) is 19.5. The van der Waals surface area contributed by atoms with Gasteiger partial charge in [-0.3, -0.25) is 9.79 Å². The molecular weight excluding hydrogens is 272 g/mol. The van der Waals surface area contributed by atoms with Crippen LogP contribution in [-0.4, -0.2) is 43.4 Å². The minimum absolute atomic E-state index is 0.100. The lowest BCUT2D eigenvalue weighted by atomic mass is 10.1. The number of guanidine groups is 1. The summed E-state index contributed by atoms with van der Waals surface area (Å²) in [5.74, 6) is 0.717. The van der Waals surface area contributed by atoms with Crippen LogP contribution in [0.3, 0.4) is 0 Å². The van der Waals surface area contributed by atoms with Gasteiger partial charge in [0.2, 0.25) is 5.91 Å². The van der Waals surface area contributed by atoms with Crippen molar-refractivity contribution in [2.45, 2.75) is 13.0 Å². The molecule has 0 atom stereocenters. The van der Waals surface area contributed by atoms with Crippen molar-refractivity contribution in [1.82, 2.24) is 15.5 Å². The van der Waals surface area contributed by atoms with E-state index in [1.807, 2.05) is 4.90 Å². The van der Waals surface area contributed by atoms with E-state index in [1.165, 1.54) is 10.4 Å². The van der Waals surface area contributed by atoms with E-state index in [-0.39, 0.29) is 12.5 Å². The van der Waals surface area contributed by atoms with Crippen LogP contribution in [0.4, 0.5) is 0 Å². The molecule has 1 aromatic heterocycles. The van der Waals surface area contributed by atoms with Crippen LogP contribution in [0.5, 0.6) is 0 Å². The van der Waals surface area contributed by atoms with Crippen LogP contribution in [0.25, 0.3) is 0 Å². The minimum atomic E-state index is 0.100. The van der Waals surface area contributed by atoms with Crippen LogP contribution in [0, 0.1) is 0 Å². The van der Waals surface area contributed by atoms with Crippen LogP contribution in [0.2, 0.25) is 0 Å². The maximum atomic E-state index is 12.2. The molecule has 1 amide bonds. The number of fused-ring (bicyclic) bond motifs is 1. The average molecular weight is 292 g/mol. The van der Waals surface area contributed by atoms with Gasteiger partial charge in [0.15, 0.2) is 5.96 Å². The quantitative estimate of drug-likeness (QED) is 0.494. The average Bonchev–Trinajstić information content (AvgIpc) is 2.94. The highest BCUT2D eigenvalue weighted by atomic mass is 32.1.